The SMILES string of the molecule is CCNc1cc(NC2CCOC(C)C2)ncn1. The van der Waals surface area contributed by atoms with E-state index in [1.807, 2.05) is 6.07 Å². The van der Waals surface area contributed by atoms with Gasteiger partial charge in [-0.2, -0.15) is 0 Å². The van der Waals surface area contributed by atoms with E-state index in [2.05, 4.69) is 34.4 Å². The van der Waals surface area contributed by atoms with Crippen molar-refractivity contribution < 1.29 is 4.74 Å². The molecule has 0 radical (unpaired) electrons. The third-order valence-corrected chi connectivity index (χ3v) is 2.86. The molecule has 17 heavy (non-hydrogen) atoms. The number of aromatic nitrogens is 2. The average Bonchev–Trinajstić information content (AvgIpc) is 2.30. The minimum atomic E-state index is 0.330. The number of hydrogen-bond acceptors (Lipinski definition) is 5. The van der Waals surface area contributed by atoms with Gasteiger partial charge in [0.1, 0.15) is 18.0 Å². The minimum Gasteiger partial charge on any atom is -0.378 e. The van der Waals surface area contributed by atoms with Crippen LogP contribution in [-0.2, 0) is 4.74 Å². The second-order valence-corrected chi connectivity index (χ2v) is 4.37. The molecular formula is C12H20N4O. The molecule has 2 unspecified atom stereocenters. The van der Waals surface area contributed by atoms with Crippen LogP contribution in [0.1, 0.15) is 26.7 Å². The van der Waals surface area contributed by atoms with Gasteiger partial charge in [-0.25, -0.2) is 9.97 Å². The van der Waals surface area contributed by atoms with Crippen LogP contribution in [0.15, 0.2) is 12.4 Å². The van der Waals surface area contributed by atoms with Gasteiger partial charge < -0.3 is 15.4 Å². The van der Waals surface area contributed by atoms with E-state index < -0.39 is 0 Å². The summed E-state index contributed by atoms with van der Waals surface area (Å²) in [6.45, 7) is 5.85. The van der Waals surface area contributed by atoms with Crippen molar-refractivity contribution in [1.82, 2.24) is 9.97 Å². The lowest BCUT2D eigenvalue weighted by Crippen LogP contribution is -2.32. The highest BCUT2D eigenvalue weighted by molar-refractivity contribution is 5.46. The quantitative estimate of drug-likeness (QED) is 0.836. The molecule has 0 amide bonds. The number of nitrogens with one attached hydrogen (secondary N) is 2. The summed E-state index contributed by atoms with van der Waals surface area (Å²) in [6, 6.07) is 2.40. The van der Waals surface area contributed by atoms with Gasteiger partial charge in [0, 0.05) is 25.3 Å². The Labute approximate surface area is 102 Å². The highest BCUT2D eigenvalue weighted by atomic mass is 16.5. The Balaban J connectivity index is 1.95. The van der Waals surface area contributed by atoms with E-state index in [1.165, 1.54) is 0 Å². The van der Waals surface area contributed by atoms with Crippen molar-refractivity contribution in [2.45, 2.75) is 38.8 Å². The summed E-state index contributed by atoms with van der Waals surface area (Å²) < 4.78 is 5.52. The summed E-state index contributed by atoms with van der Waals surface area (Å²) in [5.41, 5.74) is 0. The fourth-order valence-electron chi connectivity index (χ4n) is 2.05. The van der Waals surface area contributed by atoms with Crippen LogP contribution < -0.4 is 10.6 Å². The van der Waals surface area contributed by atoms with Crippen molar-refractivity contribution in [2.75, 3.05) is 23.8 Å². The van der Waals surface area contributed by atoms with Crippen LogP contribution in [0, 0.1) is 0 Å². The zero-order valence-electron chi connectivity index (χ0n) is 10.4. The minimum absolute atomic E-state index is 0.330. The molecule has 1 fully saturated rings. The molecule has 0 bridgehead atoms. The van der Waals surface area contributed by atoms with Crippen molar-refractivity contribution >= 4 is 11.6 Å². The Bertz CT molecular complexity index is 358. The maximum atomic E-state index is 5.52. The number of ether oxygens (including phenoxy) is 1. The van der Waals surface area contributed by atoms with Gasteiger partial charge in [-0.1, -0.05) is 0 Å². The summed E-state index contributed by atoms with van der Waals surface area (Å²) >= 11 is 0. The molecule has 2 rings (SSSR count). The van der Waals surface area contributed by atoms with Crippen molar-refractivity contribution in [3.05, 3.63) is 12.4 Å². The molecule has 5 heteroatoms. The van der Waals surface area contributed by atoms with E-state index in [-0.39, 0.29) is 0 Å². The lowest BCUT2D eigenvalue weighted by Gasteiger charge is -2.28. The molecule has 1 aromatic rings. The van der Waals surface area contributed by atoms with Crippen LogP contribution in [0.4, 0.5) is 11.6 Å². The summed E-state index contributed by atoms with van der Waals surface area (Å²) in [6.07, 6.45) is 3.98. The van der Waals surface area contributed by atoms with Gasteiger partial charge in [-0.3, -0.25) is 0 Å². The monoisotopic (exact) mass is 236 g/mol. The van der Waals surface area contributed by atoms with E-state index in [9.17, 15) is 0 Å². The number of nitrogens with zero attached hydrogens (tertiary/aromatic N) is 2. The second-order valence-electron chi connectivity index (χ2n) is 4.37. The molecule has 5 nitrogen and oxygen atoms in total. The van der Waals surface area contributed by atoms with Crippen molar-refractivity contribution in [1.29, 1.82) is 0 Å². The molecular weight excluding hydrogens is 216 g/mol. The fourth-order valence-corrected chi connectivity index (χ4v) is 2.05. The van der Waals surface area contributed by atoms with Crippen LogP contribution in [0.25, 0.3) is 0 Å². The molecule has 1 saturated heterocycles. The molecule has 1 aromatic heterocycles. The van der Waals surface area contributed by atoms with Crippen molar-refractivity contribution in [3.8, 4) is 0 Å². The Kier molecular flexibility index (Phi) is 4.14. The first-order valence-corrected chi connectivity index (χ1v) is 6.22. The molecule has 94 valence electrons. The summed E-state index contributed by atoms with van der Waals surface area (Å²) in [5, 5.41) is 6.62. The van der Waals surface area contributed by atoms with Gasteiger partial charge in [-0.15, -0.1) is 0 Å². The standard InChI is InChI=1S/C12H20N4O/c1-3-13-11-7-12(15-8-14-11)16-10-4-5-17-9(2)6-10/h7-10H,3-6H2,1-2H3,(H2,13,14,15,16). The number of rotatable bonds is 4. The first-order chi connectivity index (χ1) is 8.28. The van der Waals surface area contributed by atoms with Gasteiger partial charge in [0.25, 0.3) is 0 Å². The zero-order chi connectivity index (χ0) is 12.1. The lowest BCUT2D eigenvalue weighted by atomic mass is 10.0. The van der Waals surface area contributed by atoms with Gasteiger partial charge in [0.2, 0.25) is 0 Å². The molecule has 0 spiro atoms. The first-order valence-electron chi connectivity index (χ1n) is 6.22. The Morgan fingerprint density at radius 1 is 1.41 bits per heavy atom. The number of hydrogen-bond donors (Lipinski definition) is 2. The van der Waals surface area contributed by atoms with Gasteiger partial charge >= 0.3 is 0 Å². The van der Waals surface area contributed by atoms with Gasteiger partial charge in [-0.05, 0) is 26.7 Å². The highest BCUT2D eigenvalue weighted by Gasteiger charge is 2.19. The van der Waals surface area contributed by atoms with Crippen LogP contribution in [-0.4, -0.2) is 35.3 Å². The van der Waals surface area contributed by atoms with E-state index in [0.717, 1.165) is 37.6 Å². The summed E-state index contributed by atoms with van der Waals surface area (Å²) in [7, 11) is 0. The molecule has 2 atom stereocenters. The predicted molar refractivity (Wildman–Crippen MR) is 68.3 cm³/mol. The third-order valence-electron chi connectivity index (χ3n) is 2.86. The second kappa shape index (κ2) is 5.82. The molecule has 0 aliphatic carbocycles. The maximum absolute atomic E-state index is 5.52. The maximum Gasteiger partial charge on any atom is 0.131 e. The highest BCUT2D eigenvalue weighted by Crippen LogP contribution is 2.18. The largest absolute Gasteiger partial charge is 0.378 e. The molecule has 0 aromatic carbocycles. The summed E-state index contributed by atoms with van der Waals surface area (Å²) in [4.78, 5) is 8.39. The molecule has 1 aliphatic heterocycles. The summed E-state index contributed by atoms with van der Waals surface area (Å²) in [5.74, 6) is 1.75. The molecule has 2 heterocycles. The third kappa shape index (κ3) is 3.56. The first kappa shape index (κ1) is 12.1. The molecule has 2 N–H and O–H groups in total. The predicted octanol–water partition coefficient (Wildman–Crippen LogP) is 1.89. The number of anilines is 2. The Morgan fingerprint density at radius 3 is 3.00 bits per heavy atom. The normalized spacial score (nSPS) is 24.4. The average molecular weight is 236 g/mol. The zero-order valence-corrected chi connectivity index (χ0v) is 10.4. The van der Waals surface area contributed by atoms with Gasteiger partial charge in [0.15, 0.2) is 0 Å². The Morgan fingerprint density at radius 2 is 2.24 bits per heavy atom. The van der Waals surface area contributed by atoms with Gasteiger partial charge in [0.05, 0.1) is 6.10 Å². The topological polar surface area (TPSA) is 59.1 Å². The fraction of sp³-hybridized carbons (Fsp3) is 0.667. The lowest BCUT2D eigenvalue weighted by molar-refractivity contribution is 0.0232. The van der Waals surface area contributed by atoms with Crippen molar-refractivity contribution in [2.24, 2.45) is 0 Å². The molecule has 0 saturated carbocycles. The van der Waals surface area contributed by atoms with Crippen LogP contribution in [0.5, 0.6) is 0 Å². The van der Waals surface area contributed by atoms with Crippen molar-refractivity contribution in [3.63, 3.8) is 0 Å². The molecule has 1 aliphatic rings. The van der Waals surface area contributed by atoms with Crippen LogP contribution in [0.2, 0.25) is 0 Å². The van der Waals surface area contributed by atoms with E-state index >= 15 is 0 Å². The van der Waals surface area contributed by atoms with E-state index in [0.29, 0.717) is 12.1 Å². The van der Waals surface area contributed by atoms with Crippen LogP contribution >= 0.6 is 0 Å². The smallest absolute Gasteiger partial charge is 0.131 e. The van der Waals surface area contributed by atoms with Crippen LogP contribution in [0.3, 0.4) is 0 Å². The van der Waals surface area contributed by atoms with E-state index in [4.69, 9.17) is 4.74 Å². The van der Waals surface area contributed by atoms with E-state index in [1.54, 1.807) is 6.33 Å². The Hall–Kier alpha value is -1.36.